The maximum absolute atomic E-state index is 4.60. The van der Waals surface area contributed by atoms with Gasteiger partial charge in [-0.3, -0.25) is 0 Å². The van der Waals surface area contributed by atoms with E-state index in [4.69, 9.17) is 0 Å². The highest BCUT2D eigenvalue weighted by Crippen LogP contribution is 2.49. The van der Waals surface area contributed by atoms with Crippen LogP contribution in [0.15, 0.2) is 11.4 Å². The first-order chi connectivity index (χ1) is 9.85. The van der Waals surface area contributed by atoms with E-state index in [2.05, 4.69) is 32.0 Å². The predicted octanol–water partition coefficient (Wildman–Crippen LogP) is 3.58. The van der Waals surface area contributed by atoms with E-state index < -0.39 is 0 Å². The highest BCUT2D eigenvalue weighted by atomic mass is 32.1. The van der Waals surface area contributed by atoms with E-state index in [-0.39, 0.29) is 0 Å². The fourth-order valence-electron chi connectivity index (χ4n) is 3.08. The fraction of sp³-hybridized carbons (Fsp3) is 0.600. The Hall–Kier alpha value is -1.36. The molecule has 0 aliphatic heterocycles. The molecule has 2 aliphatic rings. The van der Waals surface area contributed by atoms with Gasteiger partial charge < -0.3 is 10.6 Å². The van der Waals surface area contributed by atoms with Crippen LogP contribution >= 0.6 is 11.3 Å². The highest BCUT2D eigenvalue weighted by molar-refractivity contribution is 7.16. The van der Waals surface area contributed by atoms with Crippen LogP contribution in [0, 0.1) is 17.8 Å². The SMILES string of the molecule is CNc1nc(NCC(C2CC2)C2CC2)c2ccsc2n1. The molecule has 5 heteroatoms. The molecule has 0 atom stereocenters. The zero-order valence-corrected chi connectivity index (χ0v) is 12.5. The topological polar surface area (TPSA) is 49.8 Å². The summed E-state index contributed by atoms with van der Waals surface area (Å²) in [6.07, 6.45) is 5.73. The van der Waals surface area contributed by atoms with Gasteiger partial charge in [0.05, 0.1) is 5.39 Å². The average molecular weight is 288 g/mol. The molecule has 0 aromatic carbocycles. The Kier molecular flexibility index (Phi) is 3.02. The van der Waals surface area contributed by atoms with E-state index >= 15 is 0 Å². The summed E-state index contributed by atoms with van der Waals surface area (Å²) in [5.74, 6) is 4.50. The van der Waals surface area contributed by atoms with Gasteiger partial charge in [0.15, 0.2) is 0 Å². The second kappa shape index (κ2) is 4.88. The molecule has 2 N–H and O–H groups in total. The lowest BCUT2D eigenvalue weighted by Gasteiger charge is -2.17. The maximum atomic E-state index is 4.60. The summed E-state index contributed by atoms with van der Waals surface area (Å²) in [7, 11) is 1.87. The van der Waals surface area contributed by atoms with Gasteiger partial charge in [-0.25, -0.2) is 4.98 Å². The molecular weight excluding hydrogens is 268 g/mol. The molecule has 0 amide bonds. The van der Waals surface area contributed by atoms with Crippen molar-refractivity contribution in [2.24, 2.45) is 17.8 Å². The minimum atomic E-state index is 0.705. The van der Waals surface area contributed by atoms with Crippen molar-refractivity contribution < 1.29 is 0 Å². The Morgan fingerprint density at radius 2 is 2.00 bits per heavy atom. The molecular formula is C15H20N4S. The number of nitrogens with zero attached hydrogens (tertiary/aromatic N) is 2. The molecule has 2 aromatic rings. The summed E-state index contributed by atoms with van der Waals surface area (Å²) in [5.41, 5.74) is 0. The number of anilines is 2. The van der Waals surface area contributed by atoms with Crippen LogP contribution in [0.2, 0.25) is 0 Å². The summed E-state index contributed by atoms with van der Waals surface area (Å²) in [6.45, 7) is 1.07. The Balaban J connectivity index is 1.56. The van der Waals surface area contributed by atoms with Gasteiger partial charge in [0.25, 0.3) is 0 Å². The van der Waals surface area contributed by atoms with Gasteiger partial charge in [-0.15, -0.1) is 11.3 Å². The largest absolute Gasteiger partial charge is 0.369 e. The first-order valence-corrected chi connectivity index (χ1v) is 8.40. The van der Waals surface area contributed by atoms with Gasteiger partial charge in [-0.2, -0.15) is 4.98 Å². The smallest absolute Gasteiger partial charge is 0.225 e. The molecule has 4 rings (SSSR count). The number of rotatable bonds is 6. The molecule has 20 heavy (non-hydrogen) atoms. The number of nitrogens with one attached hydrogen (secondary N) is 2. The number of thiophene rings is 1. The number of hydrogen-bond donors (Lipinski definition) is 2. The molecule has 0 radical (unpaired) electrons. The van der Waals surface area contributed by atoms with Crippen molar-refractivity contribution in [3.8, 4) is 0 Å². The number of fused-ring (bicyclic) bond motifs is 1. The van der Waals surface area contributed by atoms with Gasteiger partial charge in [0, 0.05) is 13.6 Å². The maximum Gasteiger partial charge on any atom is 0.225 e. The molecule has 0 bridgehead atoms. The van der Waals surface area contributed by atoms with Gasteiger partial charge in [-0.05, 0) is 54.9 Å². The molecule has 4 nitrogen and oxygen atoms in total. The highest BCUT2D eigenvalue weighted by Gasteiger charge is 2.41. The van der Waals surface area contributed by atoms with Crippen LogP contribution in [0.1, 0.15) is 25.7 Å². The lowest BCUT2D eigenvalue weighted by Crippen LogP contribution is -2.19. The molecule has 2 saturated carbocycles. The Morgan fingerprint density at radius 3 is 2.65 bits per heavy atom. The third-order valence-electron chi connectivity index (χ3n) is 4.51. The van der Waals surface area contributed by atoms with Crippen LogP contribution < -0.4 is 10.6 Å². The molecule has 2 heterocycles. The van der Waals surface area contributed by atoms with Crippen LogP contribution in [0.25, 0.3) is 10.2 Å². The van der Waals surface area contributed by atoms with Crippen LogP contribution in [-0.4, -0.2) is 23.6 Å². The molecule has 2 fully saturated rings. The van der Waals surface area contributed by atoms with E-state index in [1.165, 1.54) is 25.7 Å². The number of aromatic nitrogens is 2. The Bertz CT molecular complexity index is 603. The van der Waals surface area contributed by atoms with E-state index in [1.54, 1.807) is 11.3 Å². The molecule has 0 unspecified atom stereocenters. The van der Waals surface area contributed by atoms with Crippen molar-refractivity contribution in [2.75, 3.05) is 24.2 Å². The summed E-state index contributed by atoms with van der Waals surface area (Å²) in [4.78, 5) is 10.1. The minimum Gasteiger partial charge on any atom is -0.369 e. The summed E-state index contributed by atoms with van der Waals surface area (Å²) >= 11 is 1.67. The summed E-state index contributed by atoms with van der Waals surface area (Å²) in [6, 6.07) is 2.12. The van der Waals surface area contributed by atoms with E-state index in [1.807, 2.05) is 7.05 Å². The summed E-state index contributed by atoms with van der Waals surface area (Å²) in [5, 5.41) is 9.90. The standard InChI is InChI=1S/C15H20N4S/c1-16-15-18-13(11-6-7-20-14(11)19-15)17-8-12(9-2-3-9)10-4-5-10/h6-7,9-10,12H,2-5,8H2,1H3,(H2,16,17,18,19). The monoisotopic (exact) mass is 288 g/mol. The van der Waals surface area contributed by atoms with E-state index in [0.717, 1.165) is 40.3 Å². The quantitative estimate of drug-likeness (QED) is 0.853. The van der Waals surface area contributed by atoms with Crippen LogP contribution in [-0.2, 0) is 0 Å². The van der Waals surface area contributed by atoms with Crippen LogP contribution in [0.4, 0.5) is 11.8 Å². The van der Waals surface area contributed by atoms with Gasteiger partial charge >= 0.3 is 0 Å². The third-order valence-corrected chi connectivity index (χ3v) is 5.32. The van der Waals surface area contributed by atoms with Crippen molar-refractivity contribution in [3.63, 3.8) is 0 Å². The number of hydrogen-bond acceptors (Lipinski definition) is 5. The predicted molar refractivity (Wildman–Crippen MR) is 84.4 cm³/mol. The van der Waals surface area contributed by atoms with Crippen molar-refractivity contribution >= 4 is 33.3 Å². The third kappa shape index (κ3) is 2.35. The van der Waals surface area contributed by atoms with E-state index in [9.17, 15) is 0 Å². The lowest BCUT2D eigenvalue weighted by molar-refractivity contribution is 0.428. The average Bonchev–Trinajstić information content (AvgIpc) is 3.38. The molecule has 0 spiro atoms. The molecule has 0 saturated heterocycles. The summed E-state index contributed by atoms with van der Waals surface area (Å²) < 4.78 is 0. The van der Waals surface area contributed by atoms with Gasteiger partial charge in [-0.1, -0.05) is 0 Å². The normalized spacial score (nSPS) is 18.7. The lowest BCUT2D eigenvalue weighted by atomic mass is 9.98. The second-order valence-electron chi connectivity index (χ2n) is 6.00. The first-order valence-electron chi connectivity index (χ1n) is 7.52. The zero-order valence-electron chi connectivity index (χ0n) is 11.7. The van der Waals surface area contributed by atoms with Crippen LogP contribution in [0.5, 0.6) is 0 Å². The molecule has 2 aromatic heterocycles. The Labute approximate surface area is 123 Å². The van der Waals surface area contributed by atoms with Gasteiger partial charge in [0.1, 0.15) is 10.6 Å². The van der Waals surface area contributed by atoms with Crippen molar-refractivity contribution in [3.05, 3.63) is 11.4 Å². The second-order valence-corrected chi connectivity index (χ2v) is 6.90. The first kappa shape index (κ1) is 12.4. The molecule has 2 aliphatic carbocycles. The Morgan fingerprint density at radius 1 is 1.25 bits per heavy atom. The van der Waals surface area contributed by atoms with E-state index in [0.29, 0.717) is 5.95 Å². The van der Waals surface area contributed by atoms with Crippen LogP contribution in [0.3, 0.4) is 0 Å². The van der Waals surface area contributed by atoms with Crippen molar-refractivity contribution in [1.29, 1.82) is 0 Å². The molecule has 106 valence electrons. The van der Waals surface area contributed by atoms with Gasteiger partial charge in [0.2, 0.25) is 5.95 Å². The van der Waals surface area contributed by atoms with Crippen molar-refractivity contribution in [1.82, 2.24) is 9.97 Å². The zero-order chi connectivity index (χ0) is 13.5. The fourth-order valence-corrected chi connectivity index (χ4v) is 3.85. The van der Waals surface area contributed by atoms with Crippen molar-refractivity contribution in [2.45, 2.75) is 25.7 Å². The minimum absolute atomic E-state index is 0.705.